The van der Waals surface area contributed by atoms with E-state index < -0.39 is 0 Å². The third-order valence-corrected chi connectivity index (χ3v) is 1.33. The van der Waals surface area contributed by atoms with Crippen LogP contribution >= 0.6 is 0 Å². The molecule has 0 amide bonds. The van der Waals surface area contributed by atoms with Crippen molar-refractivity contribution in [2.45, 2.75) is 0 Å². The molecule has 1 aliphatic heterocycles. The summed E-state index contributed by atoms with van der Waals surface area (Å²) in [5, 5.41) is 0. The van der Waals surface area contributed by atoms with Crippen molar-refractivity contribution in [2.75, 3.05) is 0 Å². The van der Waals surface area contributed by atoms with Crippen LogP contribution in [0.25, 0.3) is 0 Å². The molecule has 1 heterocycles. The van der Waals surface area contributed by atoms with Gasteiger partial charge in [0.1, 0.15) is 0 Å². The molecular formula is C3H3AlCr. The molecule has 1 rings (SSSR count). The largest absolute Gasteiger partial charge is 0 e. The van der Waals surface area contributed by atoms with Gasteiger partial charge in [0, 0.05) is 17.4 Å². The smallest absolute Gasteiger partial charge is 0 e. The van der Waals surface area contributed by atoms with Crippen LogP contribution in [0.15, 0.2) is 11.0 Å². The average Bonchev–Trinajstić information content (AvgIpc) is 0.722. The van der Waals surface area contributed by atoms with E-state index in [2.05, 4.69) is 15.9 Å². The zero-order valence-electron chi connectivity index (χ0n) is 2.72. The van der Waals surface area contributed by atoms with Crippen LogP contribution in [0.5, 0.6) is 0 Å². The minimum Gasteiger partial charge on any atom is 0 e. The molecule has 24 valence electrons. The van der Waals surface area contributed by atoms with Gasteiger partial charge in [-0.3, -0.25) is 0 Å². The molecule has 0 aromatic carbocycles. The van der Waals surface area contributed by atoms with E-state index in [0.717, 1.165) is 0 Å². The Balaban J connectivity index is 0.000000160. The summed E-state index contributed by atoms with van der Waals surface area (Å²) in [7, 11) is 0. The first kappa shape index (κ1) is 5.67. The van der Waals surface area contributed by atoms with E-state index >= 15 is 0 Å². The van der Waals surface area contributed by atoms with E-state index in [1.807, 2.05) is 0 Å². The third-order valence-electron chi connectivity index (χ3n) is 0.444. The Bertz CT molecular complexity index is 47.3. The van der Waals surface area contributed by atoms with E-state index in [0.29, 0.717) is 14.8 Å². The van der Waals surface area contributed by atoms with Gasteiger partial charge in [0.15, 0.2) is 0 Å². The van der Waals surface area contributed by atoms with Crippen LogP contribution < -0.4 is 0 Å². The fourth-order valence-electron chi connectivity index (χ4n) is 0.111. The first-order chi connectivity index (χ1) is 2.00. The molecule has 0 N–H and O–H groups in total. The molecule has 0 fully saturated rings. The van der Waals surface area contributed by atoms with Crippen molar-refractivity contribution >= 4 is 19.7 Å². The summed E-state index contributed by atoms with van der Waals surface area (Å²) in [4.78, 5) is 4.42. The Labute approximate surface area is 48.3 Å². The molecule has 1 aliphatic rings. The molecule has 0 spiro atoms. The van der Waals surface area contributed by atoms with Crippen LogP contribution in [-0.2, 0) is 17.4 Å². The second-order valence-electron chi connectivity index (χ2n) is 0.770. The van der Waals surface area contributed by atoms with Crippen LogP contribution in [0.2, 0.25) is 0 Å². The first-order valence-electron chi connectivity index (χ1n) is 1.33. The van der Waals surface area contributed by atoms with Crippen molar-refractivity contribution in [1.82, 2.24) is 0 Å². The predicted octanol–water partition coefficient (Wildman–Crippen LogP) is 0.0176. The van der Waals surface area contributed by atoms with Gasteiger partial charge >= 0.3 is 30.7 Å². The van der Waals surface area contributed by atoms with Gasteiger partial charge in [0.25, 0.3) is 0 Å². The first-order valence-corrected chi connectivity index (χ1v) is 2.67. The number of hydrogen-bond donors (Lipinski definition) is 0. The second-order valence-corrected chi connectivity index (χ2v) is 1.92. The molecule has 0 atom stereocenters. The molecule has 0 aliphatic carbocycles. The summed E-state index contributed by atoms with van der Waals surface area (Å²) in [6.07, 6.45) is 2.09. The molecule has 0 saturated carbocycles. The van der Waals surface area contributed by atoms with Gasteiger partial charge in [-0.2, -0.15) is 0 Å². The molecule has 0 unspecified atom stereocenters. The Morgan fingerprint density at radius 2 is 1.60 bits per heavy atom. The zero-order valence-corrected chi connectivity index (χ0v) is 5.15. The Morgan fingerprint density at radius 3 is 1.60 bits per heavy atom. The van der Waals surface area contributed by atoms with Crippen molar-refractivity contribution in [3.63, 3.8) is 0 Å². The Morgan fingerprint density at radius 1 is 1.40 bits per heavy atom. The summed E-state index contributed by atoms with van der Waals surface area (Å²) in [6, 6.07) is 0. The van der Waals surface area contributed by atoms with Crippen molar-refractivity contribution in [1.29, 1.82) is 0 Å². The molecule has 0 radical (unpaired) electrons. The molecule has 2 heteroatoms. The van der Waals surface area contributed by atoms with E-state index in [1.165, 1.54) is 0 Å². The quantitative estimate of drug-likeness (QED) is 0.393. The second kappa shape index (κ2) is 2.89. The fraction of sp³-hybridized carbons (Fsp3) is 0. The Hall–Kier alpha value is 0.675. The van der Waals surface area contributed by atoms with E-state index in [-0.39, 0.29) is 17.4 Å². The predicted molar refractivity (Wildman–Crippen MR) is 21.0 cm³/mol. The number of rotatable bonds is 0. The van der Waals surface area contributed by atoms with Crippen LogP contribution in [0, 0.1) is 0 Å². The Kier molecular flexibility index (Phi) is 3.28. The minimum absolute atomic E-state index is 0. The van der Waals surface area contributed by atoms with Crippen molar-refractivity contribution in [2.24, 2.45) is 0 Å². The molecule has 0 aromatic rings. The maximum Gasteiger partial charge on any atom is 0 e. The summed E-state index contributed by atoms with van der Waals surface area (Å²) >= 11 is 0.657. The van der Waals surface area contributed by atoms with Crippen LogP contribution in [0.1, 0.15) is 0 Å². The molecule has 5 heavy (non-hydrogen) atoms. The van der Waals surface area contributed by atoms with Gasteiger partial charge in [-0.25, -0.2) is 0 Å². The number of allylic oxidation sites excluding steroid dienone is 1. The van der Waals surface area contributed by atoms with E-state index in [4.69, 9.17) is 0 Å². The molecular weight excluding hydrogens is 115 g/mol. The van der Waals surface area contributed by atoms with Gasteiger partial charge in [-0.05, 0) is 0 Å². The third kappa shape index (κ3) is 1.53. The number of hydrogen-bond acceptors (Lipinski definition) is 0. The molecule has 0 saturated heterocycles. The van der Waals surface area contributed by atoms with Crippen molar-refractivity contribution < 1.29 is 17.4 Å². The summed E-state index contributed by atoms with van der Waals surface area (Å²) in [5.41, 5.74) is 0. The molecule has 0 nitrogen and oxygen atoms in total. The van der Waals surface area contributed by atoms with E-state index in [1.54, 1.807) is 0 Å². The minimum atomic E-state index is 0. The van der Waals surface area contributed by atoms with Crippen molar-refractivity contribution in [3.8, 4) is 0 Å². The van der Waals surface area contributed by atoms with E-state index in [9.17, 15) is 0 Å². The monoisotopic (exact) mass is 118 g/mol. The van der Waals surface area contributed by atoms with Gasteiger partial charge < -0.3 is 0 Å². The normalized spacial score (nSPS) is 11.2. The van der Waals surface area contributed by atoms with Crippen LogP contribution in [-0.4, -0.2) is 19.7 Å². The van der Waals surface area contributed by atoms with Crippen LogP contribution in [0.3, 0.4) is 0 Å². The topological polar surface area (TPSA) is 0 Å². The van der Waals surface area contributed by atoms with Crippen molar-refractivity contribution in [3.05, 3.63) is 11.0 Å². The maximum atomic E-state index is 2.21. The summed E-state index contributed by atoms with van der Waals surface area (Å²) < 4.78 is 0. The maximum absolute atomic E-state index is 2.21. The zero-order chi connectivity index (χ0) is 2.83. The SMILES string of the molecule is C1=[CH][Al]=[CH]1.[Cr]. The summed E-state index contributed by atoms with van der Waals surface area (Å²) in [6.45, 7) is 0. The van der Waals surface area contributed by atoms with Gasteiger partial charge in [0.05, 0.1) is 0 Å². The van der Waals surface area contributed by atoms with Gasteiger partial charge in [-0.1, -0.05) is 0 Å². The average molecular weight is 118 g/mol. The molecule has 0 aromatic heterocycles. The standard InChI is InChI=1S/C3H3.Al.Cr/c1-3-2;;/h1-3H;;. The van der Waals surface area contributed by atoms with Gasteiger partial charge in [0.2, 0.25) is 0 Å². The van der Waals surface area contributed by atoms with Gasteiger partial charge in [-0.15, -0.1) is 0 Å². The molecule has 0 bridgehead atoms. The summed E-state index contributed by atoms with van der Waals surface area (Å²) in [5.74, 6) is 0. The van der Waals surface area contributed by atoms with Crippen LogP contribution in [0.4, 0.5) is 0 Å². The fourth-order valence-corrected chi connectivity index (χ4v) is 0.333.